The molecule has 1 heterocycles. The smallest absolute Gasteiger partial charge is 0.237 e. The van der Waals surface area contributed by atoms with E-state index < -0.39 is 0 Å². The van der Waals surface area contributed by atoms with Crippen molar-refractivity contribution in [1.29, 1.82) is 0 Å². The first kappa shape index (κ1) is 15.4. The van der Waals surface area contributed by atoms with Crippen LogP contribution in [0.15, 0.2) is 29.4 Å². The predicted octanol–water partition coefficient (Wildman–Crippen LogP) is 1.98. The summed E-state index contributed by atoms with van der Waals surface area (Å²) in [6.45, 7) is 5.73. The lowest BCUT2D eigenvalue weighted by atomic mass is 10.2. The van der Waals surface area contributed by atoms with Gasteiger partial charge in [-0.25, -0.2) is 4.68 Å². The first-order valence-corrected chi connectivity index (χ1v) is 7.63. The van der Waals surface area contributed by atoms with Crippen LogP contribution in [-0.2, 0) is 11.2 Å². The van der Waals surface area contributed by atoms with E-state index in [0.717, 1.165) is 11.3 Å². The molecule has 0 unspecified atom stereocenters. The molecule has 112 valence electrons. The summed E-state index contributed by atoms with van der Waals surface area (Å²) >= 11 is 1.29. The summed E-state index contributed by atoms with van der Waals surface area (Å²) < 4.78 is 1.43. The number of hydrogen-bond acceptors (Lipinski definition) is 5. The van der Waals surface area contributed by atoms with Crippen molar-refractivity contribution < 1.29 is 4.79 Å². The molecule has 2 aromatic rings. The van der Waals surface area contributed by atoms with Crippen LogP contribution in [0.1, 0.15) is 25.2 Å². The second kappa shape index (κ2) is 6.62. The van der Waals surface area contributed by atoms with Gasteiger partial charge in [-0.15, -0.1) is 10.2 Å². The number of thioether (sulfide) groups is 1. The maximum Gasteiger partial charge on any atom is 0.237 e. The Morgan fingerprint density at radius 2 is 2.14 bits per heavy atom. The normalized spacial score (nSPS) is 12.1. The number of hydrogen-bond donors (Lipinski definition) is 2. The van der Waals surface area contributed by atoms with Crippen LogP contribution in [0.3, 0.4) is 0 Å². The number of nitrogens with zero attached hydrogens (tertiary/aromatic N) is 3. The monoisotopic (exact) mass is 305 g/mol. The molecule has 7 heteroatoms. The SMILES string of the molecule is CCc1nnc(S[C@H](C)C(=O)Nc2ccccc2C)n1N. The third-order valence-corrected chi connectivity index (χ3v) is 4.16. The zero-order valence-corrected chi connectivity index (χ0v) is 13.1. The van der Waals surface area contributed by atoms with Gasteiger partial charge in [-0.2, -0.15) is 0 Å². The number of para-hydroxylation sites is 1. The number of aryl methyl sites for hydroxylation is 2. The van der Waals surface area contributed by atoms with Crippen molar-refractivity contribution in [2.75, 3.05) is 11.2 Å². The summed E-state index contributed by atoms with van der Waals surface area (Å²) in [6, 6.07) is 7.67. The average molecular weight is 305 g/mol. The molecule has 6 nitrogen and oxygen atoms in total. The van der Waals surface area contributed by atoms with Crippen molar-refractivity contribution in [1.82, 2.24) is 14.9 Å². The summed E-state index contributed by atoms with van der Waals surface area (Å²) in [5.41, 5.74) is 1.84. The molecule has 0 aliphatic heterocycles. The van der Waals surface area contributed by atoms with E-state index in [2.05, 4.69) is 15.5 Å². The van der Waals surface area contributed by atoms with E-state index in [1.807, 2.05) is 45.0 Å². The Morgan fingerprint density at radius 3 is 2.76 bits per heavy atom. The van der Waals surface area contributed by atoms with Crippen molar-refractivity contribution in [3.05, 3.63) is 35.7 Å². The summed E-state index contributed by atoms with van der Waals surface area (Å²) in [6.07, 6.45) is 0.702. The highest BCUT2D eigenvalue weighted by Crippen LogP contribution is 2.22. The Labute approximate surface area is 128 Å². The number of carbonyl (C=O) groups is 1. The maximum absolute atomic E-state index is 12.2. The number of benzene rings is 1. The molecule has 0 spiro atoms. The van der Waals surface area contributed by atoms with Crippen LogP contribution in [-0.4, -0.2) is 26.0 Å². The van der Waals surface area contributed by atoms with Crippen LogP contribution < -0.4 is 11.2 Å². The molecule has 2 rings (SSSR count). The molecule has 0 radical (unpaired) electrons. The molecule has 0 aliphatic rings. The van der Waals surface area contributed by atoms with Crippen LogP contribution in [0, 0.1) is 6.92 Å². The predicted molar refractivity (Wildman–Crippen MR) is 84.7 cm³/mol. The van der Waals surface area contributed by atoms with Crippen molar-refractivity contribution in [3.63, 3.8) is 0 Å². The number of carbonyl (C=O) groups excluding carboxylic acids is 1. The van der Waals surface area contributed by atoms with E-state index in [0.29, 0.717) is 17.4 Å². The fraction of sp³-hybridized carbons (Fsp3) is 0.357. The van der Waals surface area contributed by atoms with Crippen molar-refractivity contribution in [2.45, 2.75) is 37.6 Å². The second-order valence-corrected chi connectivity index (χ2v) is 5.99. The number of nitrogen functional groups attached to an aromatic ring is 1. The van der Waals surface area contributed by atoms with E-state index in [1.165, 1.54) is 16.4 Å². The minimum Gasteiger partial charge on any atom is -0.336 e. The molecular formula is C14H19N5OS. The minimum atomic E-state index is -0.319. The maximum atomic E-state index is 12.2. The molecule has 3 N–H and O–H groups in total. The lowest BCUT2D eigenvalue weighted by Gasteiger charge is -2.12. The van der Waals surface area contributed by atoms with E-state index >= 15 is 0 Å². The van der Waals surface area contributed by atoms with Gasteiger partial charge in [0.1, 0.15) is 0 Å². The third kappa shape index (κ3) is 3.55. The van der Waals surface area contributed by atoms with Gasteiger partial charge in [0.05, 0.1) is 5.25 Å². The van der Waals surface area contributed by atoms with Gasteiger partial charge in [-0.05, 0) is 25.5 Å². The Balaban J connectivity index is 2.03. The largest absolute Gasteiger partial charge is 0.336 e. The highest BCUT2D eigenvalue weighted by Gasteiger charge is 2.19. The molecule has 1 aromatic carbocycles. The quantitative estimate of drug-likeness (QED) is 0.651. The third-order valence-electron chi connectivity index (χ3n) is 3.11. The number of nitrogens with two attached hydrogens (primary N) is 1. The first-order valence-electron chi connectivity index (χ1n) is 6.75. The Morgan fingerprint density at radius 1 is 1.43 bits per heavy atom. The Bertz CT molecular complexity index is 640. The van der Waals surface area contributed by atoms with Crippen molar-refractivity contribution >= 4 is 23.4 Å². The average Bonchev–Trinajstić information content (AvgIpc) is 2.82. The van der Waals surface area contributed by atoms with Crippen molar-refractivity contribution in [3.8, 4) is 0 Å². The van der Waals surface area contributed by atoms with Gasteiger partial charge in [0.15, 0.2) is 5.82 Å². The van der Waals surface area contributed by atoms with Gasteiger partial charge in [0, 0.05) is 12.1 Å². The molecule has 0 saturated carbocycles. The number of amides is 1. The van der Waals surface area contributed by atoms with E-state index in [1.54, 1.807) is 0 Å². The zero-order valence-electron chi connectivity index (χ0n) is 12.3. The topological polar surface area (TPSA) is 85.8 Å². The van der Waals surface area contributed by atoms with Crippen LogP contribution in [0.4, 0.5) is 5.69 Å². The molecule has 0 aliphatic carbocycles. The standard InChI is InChI=1S/C14H19N5OS/c1-4-12-17-18-14(19(12)15)21-10(3)13(20)16-11-8-6-5-7-9(11)2/h5-8,10H,4,15H2,1-3H3,(H,16,20)/t10-/m1/s1. The fourth-order valence-corrected chi connectivity index (χ4v) is 2.58. The highest BCUT2D eigenvalue weighted by molar-refractivity contribution is 8.00. The molecule has 0 fully saturated rings. The molecule has 21 heavy (non-hydrogen) atoms. The van der Waals surface area contributed by atoms with E-state index in [-0.39, 0.29) is 11.2 Å². The fourth-order valence-electron chi connectivity index (χ4n) is 1.79. The van der Waals surface area contributed by atoms with Gasteiger partial charge in [-0.3, -0.25) is 4.79 Å². The summed E-state index contributed by atoms with van der Waals surface area (Å²) in [4.78, 5) is 12.2. The van der Waals surface area contributed by atoms with Crippen LogP contribution in [0.5, 0.6) is 0 Å². The van der Waals surface area contributed by atoms with Crippen molar-refractivity contribution in [2.24, 2.45) is 0 Å². The second-order valence-electron chi connectivity index (χ2n) is 4.69. The molecule has 0 saturated heterocycles. The van der Waals surface area contributed by atoms with Gasteiger partial charge in [0.2, 0.25) is 11.1 Å². The lowest BCUT2D eigenvalue weighted by molar-refractivity contribution is -0.115. The summed E-state index contributed by atoms with van der Waals surface area (Å²) in [5.74, 6) is 6.49. The van der Waals surface area contributed by atoms with E-state index in [4.69, 9.17) is 5.84 Å². The minimum absolute atomic E-state index is 0.0876. The molecule has 1 aromatic heterocycles. The first-order chi connectivity index (χ1) is 10.0. The molecule has 0 bridgehead atoms. The van der Waals surface area contributed by atoms with E-state index in [9.17, 15) is 4.79 Å². The van der Waals surface area contributed by atoms with Gasteiger partial charge in [0.25, 0.3) is 0 Å². The van der Waals surface area contributed by atoms with Crippen LogP contribution >= 0.6 is 11.8 Å². The number of anilines is 1. The van der Waals surface area contributed by atoms with Gasteiger partial charge in [-0.1, -0.05) is 36.9 Å². The highest BCUT2D eigenvalue weighted by atomic mass is 32.2. The Hall–Kier alpha value is -2.02. The van der Waals surface area contributed by atoms with Gasteiger partial charge < -0.3 is 11.2 Å². The van der Waals surface area contributed by atoms with Gasteiger partial charge >= 0.3 is 0 Å². The zero-order chi connectivity index (χ0) is 15.4. The molecular weight excluding hydrogens is 286 g/mol. The number of rotatable bonds is 5. The summed E-state index contributed by atoms with van der Waals surface area (Å²) in [7, 11) is 0. The van der Waals surface area contributed by atoms with Crippen LogP contribution in [0.2, 0.25) is 0 Å². The molecule has 1 amide bonds. The molecule has 1 atom stereocenters. The summed E-state index contributed by atoms with van der Waals surface area (Å²) in [5, 5.41) is 11.1. The number of nitrogens with one attached hydrogen (secondary N) is 1. The number of aromatic nitrogens is 3. The lowest BCUT2D eigenvalue weighted by Crippen LogP contribution is -2.24. The van der Waals surface area contributed by atoms with Crippen LogP contribution in [0.25, 0.3) is 0 Å². The Kier molecular flexibility index (Phi) is 4.85.